The molecular formula is C11H18N2O. The van der Waals surface area contributed by atoms with Crippen LogP contribution in [0, 0.1) is 0 Å². The van der Waals surface area contributed by atoms with Gasteiger partial charge in [-0.2, -0.15) is 0 Å². The van der Waals surface area contributed by atoms with E-state index in [9.17, 15) is 4.79 Å². The average Bonchev–Trinajstić information content (AvgIpc) is 2.18. The Hall–Kier alpha value is -0.860. The van der Waals surface area contributed by atoms with E-state index in [0.717, 1.165) is 31.6 Å². The fraction of sp³-hybridized carbons (Fsp3) is 0.818. The molecule has 2 rings (SSSR count). The Kier molecular flexibility index (Phi) is 2.33. The molecule has 0 aromatic rings. The van der Waals surface area contributed by atoms with Gasteiger partial charge in [-0.1, -0.05) is 6.92 Å². The molecule has 3 heteroatoms. The molecule has 1 unspecified atom stereocenters. The predicted octanol–water partition coefficient (Wildman–Crippen LogP) is 1.97. The van der Waals surface area contributed by atoms with Gasteiger partial charge in [0.1, 0.15) is 5.84 Å². The largest absolute Gasteiger partial charge is 0.301 e. The number of carbonyl (C=O) groups is 1. The Balaban J connectivity index is 2.28. The minimum Gasteiger partial charge on any atom is -0.301 e. The summed E-state index contributed by atoms with van der Waals surface area (Å²) in [4.78, 5) is 18.5. The van der Waals surface area contributed by atoms with Crippen molar-refractivity contribution in [2.45, 2.75) is 51.5 Å². The van der Waals surface area contributed by atoms with Crippen LogP contribution in [-0.2, 0) is 4.79 Å². The first-order chi connectivity index (χ1) is 6.64. The van der Waals surface area contributed by atoms with Crippen molar-refractivity contribution in [1.29, 1.82) is 0 Å². The van der Waals surface area contributed by atoms with Crippen LogP contribution in [0.1, 0.15) is 46.0 Å². The number of hydrogen-bond donors (Lipinski definition) is 0. The van der Waals surface area contributed by atoms with E-state index in [0.29, 0.717) is 6.42 Å². The molecule has 2 heterocycles. The van der Waals surface area contributed by atoms with Crippen molar-refractivity contribution in [3.8, 4) is 0 Å². The van der Waals surface area contributed by atoms with E-state index < -0.39 is 0 Å². The number of carbonyl (C=O) groups excluding carboxylic acids is 1. The monoisotopic (exact) mass is 194 g/mol. The van der Waals surface area contributed by atoms with E-state index >= 15 is 0 Å². The highest BCUT2D eigenvalue weighted by Gasteiger charge is 2.36. The Bertz CT molecular complexity index is 285. The number of piperidine rings is 1. The van der Waals surface area contributed by atoms with Crippen LogP contribution >= 0.6 is 0 Å². The zero-order valence-electron chi connectivity index (χ0n) is 9.05. The molecule has 0 radical (unpaired) electrons. The summed E-state index contributed by atoms with van der Waals surface area (Å²) in [6.07, 6.45) is 4.85. The van der Waals surface area contributed by atoms with Gasteiger partial charge in [0.25, 0.3) is 0 Å². The molecule has 14 heavy (non-hydrogen) atoms. The van der Waals surface area contributed by atoms with Crippen molar-refractivity contribution >= 4 is 11.7 Å². The van der Waals surface area contributed by atoms with Gasteiger partial charge in [-0.15, -0.1) is 0 Å². The topological polar surface area (TPSA) is 32.7 Å². The highest BCUT2D eigenvalue weighted by molar-refractivity contribution is 6.01. The molecular weight excluding hydrogens is 176 g/mol. The predicted molar refractivity (Wildman–Crippen MR) is 56.3 cm³/mol. The van der Waals surface area contributed by atoms with Crippen LogP contribution in [-0.4, -0.2) is 28.7 Å². The Morgan fingerprint density at radius 3 is 3.00 bits per heavy atom. The maximum atomic E-state index is 11.8. The second kappa shape index (κ2) is 3.37. The minimum absolute atomic E-state index is 0.125. The Morgan fingerprint density at radius 1 is 1.50 bits per heavy atom. The lowest BCUT2D eigenvalue weighted by atomic mass is 9.91. The zero-order chi connectivity index (χ0) is 10.2. The third-order valence-corrected chi connectivity index (χ3v) is 3.34. The third kappa shape index (κ3) is 1.56. The number of aliphatic imine (C=N–C) groups is 1. The summed E-state index contributed by atoms with van der Waals surface area (Å²) < 4.78 is 0. The van der Waals surface area contributed by atoms with Crippen LogP contribution < -0.4 is 0 Å². The smallest absolute Gasteiger partial charge is 0.230 e. The van der Waals surface area contributed by atoms with Crippen LogP contribution in [0.4, 0.5) is 0 Å². The molecule has 3 nitrogen and oxygen atoms in total. The molecule has 2 aliphatic heterocycles. The summed E-state index contributed by atoms with van der Waals surface area (Å²) >= 11 is 0. The van der Waals surface area contributed by atoms with E-state index in [1.807, 2.05) is 4.90 Å². The second-order valence-electron chi connectivity index (χ2n) is 4.56. The van der Waals surface area contributed by atoms with E-state index in [1.165, 1.54) is 6.42 Å². The molecule has 0 spiro atoms. The van der Waals surface area contributed by atoms with Gasteiger partial charge in [0.2, 0.25) is 5.91 Å². The van der Waals surface area contributed by atoms with E-state index in [-0.39, 0.29) is 11.4 Å². The highest BCUT2D eigenvalue weighted by Crippen LogP contribution is 2.29. The molecule has 0 bridgehead atoms. The lowest BCUT2D eigenvalue weighted by Crippen LogP contribution is -2.48. The lowest BCUT2D eigenvalue weighted by Gasteiger charge is -2.38. The van der Waals surface area contributed by atoms with Crippen LogP contribution in [0.15, 0.2) is 4.99 Å². The number of hydrogen-bond acceptors (Lipinski definition) is 2. The van der Waals surface area contributed by atoms with Gasteiger partial charge in [-0.3, -0.25) is 9.79 Å². The first-order valence-electron chi connectivity index (χ1n) is 5.54. The summed E-state index contributed by atoms with van der Waals surface area (Å²) in [5.41, 5.74) is -0.125. The van der Waals surface area contributed by atoms with Crippen molar-refractivity contribution in [2.75, 3.05) is 6.54 Å². The normalized spacial score (nSPS) is 32.6. The fourth-order valence-corrected chi connectivity index (χ4v) is 2.18. The van der Waals surface area contributed by atoms with Crippen LogP contribution in [0.3, 0.4) is 0 Å². The van der Waals surface area contributed by atoms with Crippen molar-refractivity contribution in [2.24, 2.45) is 4.99 Å². The first-order valence-corrected chi connectivity index (χ1v) is 5.54. The molecule has 0 saturated carbocycles. The highest BCUT2D eigenvalue weighted by atomic mass is 16.2. The number of nitrogens with zero attached hydrogens (tertiary/aromatic N) is 2. The average molecular weight is 194 g/mol. The Morgan fingerprint density at radius 2 is 2.29 bits per heavy atom. The SMILES string of the molecule is CCC1(C)CC(=O)N2CCCCC2=N1. The van der Waals surface area contributed by atoms with Crippen molar-refractivity contribution in [1.82, 2.24) is 4.90 Å². The molecule has 2 aliphatic rings. The molecule has 1 amide bonds. The summed E-state index contributed by atoms with van der Waals surface area (Å²) in [7, 11) is 0. The van der Waals surface area contributed by atoms with Crippen LogP contribution in [0.5, 0.6) is 0 Å². The molecule has 1 fully saturated rings. The third-order valence-electron chi connectivity index (χ3n) is 3.34. The van der Waals surface area contributed by atoms with Crippen molar-refractivity contribution < 1.29 is 4.79 Å². The van der Waals surface area contributed by atoms with Gasteiger partial charge in [-0.25, -0.2) is 0 Å². The second-order valence-corrected chi connectivity index (χ2v) is 4.56. The number of amidine groups is 1. The van der Waals surface area contributed by atoms with Crippen molar-refractivity contribution in [3.05, 3.63) is 0 Å². The van der Waals surface area contributed by atoms with Crippen LogP contribution in [0.2, 0.25) is 0 Å². The molecule has 78 valence electrons. The molecule has 1 saturated heterocycles. The quantitative estimate of drug-likeness (QED) is 0.628. The number of fused-ring (bicyclic) bond motifs is 1. The standard InChI is InChI=1S/C11H18N2O/c1-3-11(2)8-10(14)13-7-5-4-6-9(13)12-11/h3-8H2,1-2H3. The summed E-state index contributed by atoms with van der Waals surface area (Å²) in [6.45, 7) is 5.08. The summed E-state index contributed by atoms with van der Waals surface area (Å²) in [5, 5.41) is 0. The Labute approximate surface area is 85.2 Å². The first kappa shape index (κ1) is 9.69. The van der Waals surface area contributed by atoms with E-state index in [1.54, 1.807) is 0 Å². The minimum atomic E-state index is -0.125. The van der Waals surface area contributed by atoms with Crippen LogP contribution in [0.25, 0.3) is 0 Å². The lowest BCUT2D eigenvalue weighted by molar-refractivity contribution is -0.129. The van der Waals surface area contributed by atoms with E-state index in [2.05, 4.69) is 13.8 Å². The molecule has 0 N–H and O–H groups in total. The zero-order valence-corrected chi connectivity index (χ0v) is 9.05. The molecule has 0 aromatic carbocycles. The van der Waals surface area contributed by atoms with Gasteiger partial charge in [0.05, 0.1) is 12.0 Å². The molecule has 0 aliphatic carbocycles. The number of rotatable bonds is 1. The van der Waals surface area contributed by atoms with Gasteiger partial charge in [-0.05, 0) is 26.2 Å². The fourth-order valence-electron chi connectivity index (χ4n) is 2.18. The van der Waals surface area contributed by atoms with Gasteiger partial charge in [0, 0.05) is 13.0 Å². The summed E-state index contributed by atoms with van der Waals surface area (Å²) in [5.74, 6) is 1.32. The maximum absolute atomic E-state index is 11.8. The van der Waals surface area contributed by atoms with Gasteiger partial charge < -0.3 is 4.90 Å². The molecule has 1 atom stereocenters. The van der Waals surface area contributed by atoms with Gasteiger partial charge >= 0.3 is 0 Å². The molecule has 0 aromatic heterocycles. The van der Waals surface area contributed by atoms with Gasteiger partial charge in [0.15, 0.2) is 0 Å². The van der Waals surface area contributed by atoms with E-state index in [4.69, 9.17) is 4.99 Å². The summed E-state index contributed by atoms with van der Waals surface area (Å²) in [6, 6.07) is 0. The van der Waals surface area contributed by atoms with Crippen molar-refractivity contribution in [3.63, 3.8) is 0 Å². The maximum Gasteiger partial charge on any atom is 0.230 e. The number of amides is 1.